The van der Waals surface area contributed by atoms with Crippen molar-refractivity contribution in [1.29, 1.82) is 0 Å². The average Bonchev–Trinajstić information content (AvgIpc) is 3.11. The minimum atomic E-state index is -0.757. The Bertz CT molecular complexity index is 789. The summed E-state index contributed by atoms with van der Waals surface area (Å²) in [7, 11) is 0. The molecule has 0 amide bonds. The summed E-state index contributed by atoms with van der Waals surface area (Å²) < 4.78 is 19.0. The van der Waals surface area contributed by atoms with Crippen LogP contribution in [0.2, 0.25) is 0 Å². The van der Waals surface area contributed by atoms with Gasteiger partial charge in [-0.25, -0.2) is 14.4 Å². The molecule has 0 saturated carbocycles. The lowest BCUT2D eigenvalue weighted by atomic mass is 10.0. The SMILES string of the molecule is OC[C@@H]1O[C@H](CNCc2ccc(F)cc2)[C@H](N2CCN(c3ncccn3)CC2)[C@@H]1O. The number of halogens is 1. The molecule has 2 aromatic rings. The molecule has 0 spiro atoms. The first-order valence-corrected chi connectivity index (χ1v) is 10.3. The van der Waals surface area contributed by atoms with Crippen molar-refractivity contribution >= 4 is 5.95 Å². The molecule has 162 valence electrons. The molecule has 1 aromatic carbocycles. The number of aliphatic hydroxyl groups is 2. The fourth-order valence-corrected chi connectivity index (χ4v) is 4.23. The van der Waals surface area contributed by atoms with Crippen LogP contribution in [0.3, 0.4) is 0 Å². The van der Waals surface area contributed by atoms with Crippen molar-refractivity contribution in [2.45, 2.75) is 30.9 Å². The number of piperazine rings is 1. The fourth-order valence-electron chi connectivity index (χ4n) is 4.23. The molecule has 2 saturated heterocycles. The van der Waals surface area contributed by atoms with E-state index in [1.54, 1.807) is 30.6 Å². The van der Waals surface area contributed by atoms with Crippen molar-refractivity contribution < 1.29 is 19.3 Å². The lowest BCUT2D eigenvalue weighted by molar-refractivity contribution is -0.0213. The van der Waals surface area contributed by atoms with Gasteiger partial charge in [0.05, 0.1) is 18.8 Å². The van der Waals surface area contributed by atoms with Gasteiger partial charge in [-0.05, 0) is 23.8 Å². The standard InChI is InChI=1S/C21H28FN5O3/c22-16-4-2-15(3-5-16)12-23-13-17-19(20(29)18(14-28)30-17)26-8-10-27(11-9-26)21-24-6-1-7-25-21/h1-7,17-20,23,28-29H,8-14H2/t17-,18+,19+,20-/m1/s1. The Labute approximate surface area is 175 Å². The first-order valence-electron chi connectivity index (χ1n) is 10.3. The molecule has 0 aliphatic carbocycles. The van der Waals surface area contributed by atoms with Crippen molar-refractivity contribution in [3.63, 3.8) is 0 Å². The second-order valence-corrected chi connectivity index (χ2v) is 7.71. The highest BCUT2D eigenvalue weighted by atomic mass is 19.1. The van der Waals surface area contributed by atoms with E-state index in [1.807, 2.05) is 0 Å². The molecule has 3 N–H and O–H groups in total. The van der Waals surface area contributed by atoms with Crippen molar-refractivity contribution in [2.75, 3.05) is 44.2 Å². The van der Waals surface area contributed by atoms with Crippen molar-refractivity contribution in [3.05, 3.63) is 54.1 Å². The van der Waals surface area contributed by atoms with Crippen molar-refractivity contribution in [1.82, 2.24) is 20.2 Å². The molecule has 30 heavy (non-hydrogen) atoms. The van der Waals surface area contributed by atoms with Gasteiger partial charge in [0.15, 0.2) is 0 Å². The predicted octanol–water partition coefficient (Wildman–Crippen LogP) is 0.0167. The number of nitrogens with one attached hydrogen (secondary N) is 1. The van der Waals surface area contributed by atoms with Crippen LogP contribution in [0.4, 0.5) is 10.3 Å². The van der Waals surface area contributed by atoms with E-state index in [2.05, 4.69) is 25.1 Å². The first kappa shape index (κ1) is 21.1. The number of hydrogen-bond acceptors (Lipinski definition) is 8. The molecule has 0 unspecified atom stereocenters. The maximum absolute atomic E-state index is 13.1. The number of ether oxygens (including phenoxy) is 1. The highest BCUT2D eigenvalue weighted by Crippen LogP contribution is 2.27. The van der Waals surface area contributed by atoms with E-state index in [9.17, 15) is 14.6 Å². The zero-order valence-corrected chi connectivity index (χ0v) is 16.8. The molecule has 4 rings (SSSR count). The zero-order chi connectivity index (χ0) is 20.9. The minimum absolute atomic E-state index is 0.207. The number of nitrogens with zero attached hydrogens (tertiary/aromatic N) is 4. The van der Waals surface area contributed by atoms with Gasteiger partial charge in [0.2, 0.25) is 5.95 Å². The maximum atomic E-state index is 13.1. The molecule has 9 heteroatoms. The van der Waals surface area contributed by atoms with Crippen LogP contribution in [0.25, 0.3) is 0 Å². The summed E-state index contributed by atoms with van der Waals surface area (Å²) in [5, 5.41) is 23.7. The monoisotopic (exact) mass is 417 g/mol. The number of rotatable bonds is 7. The lowest BCUT2D eigenvalue weighted by Gasteiger charge is -2.40. The topological polar surface area (TPSA) is 94.0 Å². The Kier molecular flexibility index (Phi) is 6.86. The van der Waals surface area contributed by atoms with E-state index in [1.165, 1.54) is 12.1 Å². The van der Waals surface area contributed by atoms with E-state index in [0.29, 0.717) is 19.0 Å². The third-order valence-electron chi connectivity index (χ3n) is 5.80. The van der Waals surface area contributed by atoms with Crippen LogP contribution in [0.15, 0.2) is 42.7 Å². The molecule has 0 bridgehead atoms. The first-order chi connectivity index (χ1) is 14.7. The number of aromatic nitrogens is 2. The predicted molar refractivity (Wildman–Crippen MR) is 109 cm³/mol. The zero-order valence-electron chi connectivity index (χ0n) is 16.8. The normalized spacial score (nSPS) is 27.5. The number of hydrogen-bond donors (Lipinski definition) is 3. The molecule has 1 aromatic heterocycles. The van der Waals surface area contributed by atoms with Crippen molar-refractivity contribution in [2.24, 2.45) is 0 Å². The Morgan fingerprint density at radius 3 is 2.43 bits per heavy atom. The molecule has 2 aliphatic rings. The van der Waals surface area contributed by atoms with E-state index in [-0.39, 0.29) is 24.6 Å². The van der Waals surface area contributed by atoms with Gasteiger partial charge in [0, 0.05) is 51.7 Å². The lowest BCUT2D eigenvalue weighted by Crippen LogP contribution is -2.57. The fraction of sp³-hybridized carbons (Fsp3) is 0.524. The largest absolute Gasteiger partial charge is 0.394 e. The summed E-state index contributed by atoms with van der Waals surface area (Å²) in [6, 6.07) is 7.95. The van der Waals surface area contributed by atoms with Crippen LogP contribution in [0, 0.1) is 5.82 Å². The summed E-state index contributed by atoms with van der Waals surface area (Å²) in [6.07, 6.45) is 1.86. The van der Waals surface area contributed by atoms with Gasteiger partial charge in [-0.15, -0.1) is 0 Å². The summed E-state index contributed by atoms with van der Waals surface area (Å²) in [5.74, 6) is 0.456. The van der Waals surface area contributed by atoms with E-state index in [4.69, 9.17) is 4.74 Å². The quantitative estimate of drug-likeness (QED) is 0.581. The molecule has 2 aliphatic heterocycles. The molecular weight excluding hydrogens is 389 g/mol. The van der Waals surface area contributed by atoms with Gasteiger partial charge in [-0.2, -0.15) is 0 Å². The number of aliphatic hydroxyl groups excluding tert-OH is 2. The summed E-state index contributed by atoms with van der Waals surface area (Å²) in [6.45, 7) is 3.89. The van der Waals surface area contributed by atoms with E-state index >= 15 is 0 Å². The highest BCUT2D eigenvalue weighted by molar-refractivity contribution is 5.29. The molecule has 0 radical (unpaired) electrons. The smallest absolute Gasteiger partial charge is 0.225 e. The number of benzene rings is 1. The molecule has 2 fully saturated rings. The third-order valence-corrected chi connectivity index (χ3v) is 5.80. The summed E-state index contributed by atoms with van der Waals surface area (Å²) >= 11 is 0. The molecule has 4 atom stereocenters. The highest BCUT2D eigenvalue weighted by Gasteiger charge is 2.46. The molecule has 8 nitrogen and oxygen atoms in total. The average molecular weight is 417 g/mol. The second-order valence-electron chi connectivity index (χ2n) is 7.71. The van der Waals surface area contributed by atoms with Crippen LogP contribution in [-0.2, 0) is 11.3 Å². The Morgan fingerprint density at radius 1 is 1.07 bits per heavy atom. The van der Waals surface area contributed by atoms with Gasteiger partial charge < -0.3 is 25.2 Å². The van der Waals surface area contributed by atoms with Crippen LogP contribution < -0.4 is 10.2 Å². The summed E-state index contributed by atoms with van der Waals surface area (Å²) in [4.78, 5) is 13.0. The van der Waals surface area contributed by atoms with Crippen molar-refractivity contribution in [3.8, 4) is 0 Å². The maximum Gasteiger partial charge on any atom is 0.225 e. The van der Waals surface area contributed by atoms with Gasteiger partial charge >= 0.3 is 0 Å². The van der Waals surface area contributed by atoms with Crippen LogP contribution in [0.5, 0.6) is 0 Å². The Hall–Kier alpha value is -2.17. The third kappa shape index (κ3) is 4.76. The van der Waals surface area contributed by atoms with Gasteiger partial charge in [-0.3, -0.25) is 4.90 Å². The molecular formula is C21H28FN5O3. The number of anilines is 1. The molecule has 3 heterocycles. The van der Waals surface area contributed by atoms with E-state index in [0.717, 1.165) is 31.7 Å². The van der Waals surface area contributed by atoms with Crippen LogP contribution in [0.1, 0.15) is 5.56 Å². The van der Waals surface area contributed by atoms with E-state index < -0.39 is 12.2 Å². The van der Waals surface area contributed by atoms with Gasteiger partial charge in [0.1, 0.15) is 18.0 Å². The minimum Gasteiger partial charge on any atom is -0.394 e. The van der Waals surface area contributed by atoms with Crippen LogP contribution in [-0.4, -0.2) is 88.8 Å². The Morgan fingerprint density at radius 2 is 1.77 bits per heavy atom. The van der Waals surface area contributed by atoms with Crippen LogP contribution >= 0.6 is 0 Å². The van der Waals surface area contributed by atoms with Gasteiger partial charge in [-0.1, -0.05) is 12.1 Å². The Balaban J connectivity index is 1.35. The van der Waals surface area contributed by atoms with Gasteiger partial charge in [0.25, 0.3) is 0 Å². The summed E-state index contributed by atoms with van der Waals surface area (Å²) in [5.41, 5.74) is 0.974. The second kappa shape index (κ2) is 9.76.